The van der Waals surface area contributed by atoms with Gasteiger partial charge in [-0.2, -0.15) is 0 Å². The molecule has 0 saturated heterocycles. The lowest BCUT2D eigenvalue weighted by atomic mass is 10.0. The molecule has 0 aliphatic carbocycles. The summed E-state index contributed by atoms with van der Waals surface area (Å²) in [6.45, 7) is 4.51. The van der Waals surface area contributed by atoms with Gasteiger partial charge in [-0.1, -0.05) is 44.2 Å². The van der Waals surface area contributed by atoms with Crippen LogP contribution in [0, 0.1) is 0 Å². The van der Waals surface area contributed by atoms with Crippen LogP contribution >= 0.6 is 0 Å². The van der Waals surface area contributed by atoms with Gasteiger partial charge in [0.2, 0.25) is 0 Å². The molecule has 0 spiro atoms. The molecule has 0 fully saturated rings. The van der Waals surface area contributed by atoms with Gasteiger partial charge in [-0.25, -0.2) is 4.79 Å². The highest BCUT2D eigenvalue weighted by atomic mass is 16.5. The number of aromatic hydroxyl groups is 1. The van der Waals surface area contributed by atoms with Gasteiger partial charge in [-0.05, 0) is 40.8 Å². The predicted octanol–water partition coefficient (Wildman–Crippen LogP) is 4.28. The van der Waals surface area contributed by atoms with Gasteiger partial charge in [0.25, 0.3) is 0 Å². The maximum atomic E-state index is 11.8. The average Bonchev–Trinajstić information content (AvgIpc) is 2.59. The van der Waals surface area contributed by atoms with Crippen molar-refractivity contribution in [3.63, 3.8) is 0 Å². The van der Waals surface area contributed by atoms with Crippen molar-refractivity contribution in [1.29, 1.82) is 0 Å². The van der Waals surface area contributed by atoms with E-state index in [9.17, 15) is 9.90 Å². The molecule has 0 aliphatic rings. The average molecular weight is 326 g/mol. The van der Waals surface area contributed by atoms with Gasteiger partial charge in [-0.3, -0.25) is 0 Å². The highest BCUT2D eigenvalue weighted by Crippen LogP contribution is 2.26. The third-order valence-electron chi connectivity index (χ3n) is 3.64. The molecule has 0 unspecified atom stereocenters. The van der Waals surface area contributed by atoms with Crippen molar-refractivity contribution >= 4 is 12.0 Å². The van der Waals surface area contributed by atoms with Gasteiger partial charge in [0, 0.05) is 6.08 Å². The smallest absolute Gasteiger partial charge is 0.331 e. The van der Waals surface area contributed by atoms with Crippen LogP contribution in [0.25, 0.3) is 6.08 Å². The van der Waals surface area contributed by atoms with Crippen LogP contribution in [0.15, 0.2) is 48.5 Å². The molecular weight excluding hydrogens is 304 g/mol. The minimum absolute atomic E-state index is 0.0575. The number of rotatable bonds is 6. The molecule has 1 N–H and O–H groups in total. The highest BCUT2D eigenvalue weighted by molar-refractivity contribution is 5.87. The lowest BCUT2D eigenvalue weighted by Crippen LogP contribution is -2.01. The number of benzene rings is 2. The number of hydrogen-bond donors (Lipinski definition) is 1. The summed E-state index contributed by atoms with van der Waals surface area (Å²) < 4.78 is 10.2. The van der Waals surface area contributed by atoms with Crippen molar-refractivity contribution in [2.75, 3.05) is 7.11 Å². The molecule has 0 bridgehead atoms. The second-order valence-corrected chi connectivity index (χ2v) is 5.77. The summed E-state index contributed by atoms with van der Waals surface area (Å²) in [5.41, 5.74) is 2.95. The molecule has 0 atom stereocenters. The molecule has 0 heterocycles. The number of carbonyl (C=O) groups excluding carboxylic acids is 1. The van der Waals surface area contributed by atoms with Crippen molar-refractivity contribution in [3.05, 3.63) is 65.2 Å². The van der Waals surface area contributed by atoms with E-state index in [2.05, 4.69) is 13.8 Å². The van der Waals surface area contributed by atoms with Crippen molar-refractivity contribution in [2.45, 2.75) is 26.4 Å². The Bertz CT molecular complexity index is 715. The van der Waals surface area contributed by atoms with E-state index in [-0.39, 0.29) is 12.4 Å². The highest BCUT2D eigenvalue weighted by Gasteiger charge is 2.03. The normalized spacial score (nSPS) is 11.0. The van der Waals surface area contributed by atoms with E-state index in [1.165, 1.54) is 24.8 Å². The summed E-state index contributed by atoms with van der Waals surface area (Å²) in [6.07, 6.45) is 2.97. The van der Waals surface area contributed by atoms with Gasteiger partial charge >= 0.3 is 5.97 Å². The summed E-state index contributed by atoms with van der Waals surface area (Å²) in [4.78, 5) is 11.8. The fraction of sp³-hybridized carbons (Fsp3) is 0.250. The quantitative estimate of drug-likeness (QED) is 0.636. The van der Waals surface area contributed by atoms with E-state index in [1.54, 1.807) is 18.2 Å². The van der Waals surface area contributed by atoms with Crippen LogP contribution in [-0.4, -0.2) is 18.2 Å². The summed E-state index contributed by atoms with van der Waals surface area (Å²) in [5.74, 6) is 0.472. The third-order valence-corrected chi connectivity index (χ3v) is 3.64. The molecular formula is C20H22O4. The van der Waals surface area contributed by atoms with Gasteiger partial charge in [0.1, 0.15) is 6.61 Å². The number of phenolic OH excluding ortho intramolecular Hbond substituents is 1. The fourth-order valence-corrected chi connectivity index (χ4v) is 2.16. The lowest BCUT2D eigenvalue weighted by Gasteiger charge is -2.07. The van der Waals surface area contributed by atoms with E-state index in [0.29, 0.717) is 11.7 Å². The number of methoxy groups -OCH3 is 1. The molecule has 0 amide bonds. The fourth-order valence-electron chi connectivity index (χ4n) is 2.16. The SMILES string of the molecule is COc1cc(/C=C/C(=O)OCc2ccc(C(C)C)cc2)ccc1O. The van der Waals surface area contributed by atoms with Gasteiger partial charge in [0.15, 0.2) is 11.5 Å². The summed E-state index contributed by atoms with van der Waals surface area (Å²) >= 11 is 0. The first kappa shape index (κ1) is 17.6. The van der Waals surface area contributed by atoms with E-state index in [4.69, 9.17) is 9.47 Å². The van der Waals surface area contributed by atoms with E-state index in [1.807, 2.05) is 24.3 Å². The molecule has 2 rings (SSSR count). The van der Waals surface area contributed by atoms with Crippen LogP contribution in [0.4, 0.5) is 0 Å². The molecule has 2 aromatic rings. The Kier molecular flexibility index (Phi) is 6.01. The van der Waals surface area contributed by atoms with Crippen LogP contribution in [0.3, 0.4) is 0 Å². The number of esters is 1. The predicted molar refractivity (Wildman–Crippen MR) is 94.0 cm³/mol. The largest absolute Gasteiger partial charge is 0.504 e. The Hall–Kier alpha value is -2.75. The maximum Gasteiger partial charge on any atom is 0.331 e. The Labute approximate surface area is 142 Å². The van der Waals surface area contributed by atoms with Crippen molar-refractivity contribution in [2.24, 2.45) is 0 Å². The summed E-state index contributed by atoms with van der Waals surface area (Å²) in [5, 5.41) is 9.54. The van der Waals surface area contributed by atoms with E-state index < -0.39 is 5.97 Å². The maximum absolute atomic E-state index is 11.8. The molecule has 4 heteroatoms. The number of hydrogen-bond acceptors (Lipinski definition) is 4. The molecule has 0 aromatic heterocycles. The van der Waals surface area contributed by atoms with Crippen molar-refractivity contribution < 1.29 is 19.4 Å². The lowest BCUT2D eigenvalue weighted by molar-refractivity contribution is -0.138. The molecule has 24 heavy (non-hydrogen) atoms. The third kappa shape index (κ3) is 4.88. The van der Waals surface area contributed by atoms with Crippen LogP contribution in [-0.2, 0) is 16.1 Å². The topological polar surface area (TPSA) is 55.8 Å². The second-order valence-electron chi connectivity index (χ2n) is 5.77. The molecule has 0 aliphatic heterocycles. The Morgan fingerprint density at radius 3 is 2.50 bits per heavy atom. The minimum atomic E-state index is -0.421. The molecule has 0 radical (unpaired) electrons. The first-order valence-electron chi connectivity index (χ1n) is 7.80. The van der Waals surface area contributed by atoms with Gasteiger partial charge < -0.3 is 14.6 Å². The van der Waals surface area contributed by atoms with Crippen molar-refractivity contribution in [3.8, 4) is 11.5 Å². The number of ether oxygens (including phenoxy) is 2. The van der Waals surface area contributed by atoms with Crippen molar-refractivity contribution in [1.82, 2.24) is 0 Å². The standard InChI is InChI=1S/C20H22O4/c1-14(2)17-8-4-16(5-9-17)13-24-20(22)11-7-15-6-10-18(21)19(12-15)23-3/h4-12,14,21H,13H2,1-3H3/b11-7+. The first-order chi connectivity index (χ1) is 11.5. The first-order valence-corrected chi connectivity index (χ1v) is 7.80. The zero-order valence-electron chi connectivity index (χ0n) is 14.2. The number of phenols is 1. The number of carbonyl (C=O) groups is 1. The van der Waals surface area contributed by atoms with Crippen LogP contribution in [0.2, 0.25) is 0 Å². The second kappa shape index (κ2) is 8.20. The zero-order valence-corrected chi connectivity index (χ0v) is 14.2. The van der Waals surface area contributed by atoms with Crippen LogP contribution in [0.5, 0.6) is 11.5 Å². The molecule has 2 aromatic carbocycles. The molecule has 4 nitrogen and oxygen atoms in total. The summed E-state index contributed by atoms with van der Waals surface area (Å²) in [6, 6.07) is 12.9. The summed E-state index contributed by atoms with van der Waals surface area (Å²) in [7, 11) is 1.47. The zero-order chi connectivity index (χ0) is 17.5. The Morgan fingerprint density at radius 1 is 1.17 bits per heavy atom. The van der Waals surface area contributed by atoms with Crippen LogP contribution in [0.1, 0.15) is 36.5 Å². The van der Waals surface area contributed by atoms with Gasteiger partial charge in [0.05, 0.1) is 7.11 Å². The van der Waals surface area contributed by atoms with E-state index >= 15 is 0 Å². The molecule has 0 saturated carbocycles. The minimum Gasteiger partial charge on any atom is -0.504 e. The molecule has 126 valence electrons. The monoisotopic (exact) mass is 326 g/mol. The Morgan fingerprint density at radius 2 is 1.88 bits per heavy atom. The Balaban J connectivity index is 1.91. The van der Waals surface area contributed by atoms with Crippen LogP contribution < -0.4 is 4.74 Å². The van der Waals surface area contributed by atoms with E-state index in [0.717, 1.165) is 11.1 Å². The van der Waals surface area contributed by atoms with Gasteiger partial charge in [-0.15, -0.1) is 0 Å².